The maximum Gasteiger partial charge on any atom is 0.147 e. The second-order valence-electron chi connectivity index (χ2n) is 3.55. The number of alkyl halides is 1. The highest BCUT2D eigenvalue weighted by Gasteiger charge is 2.09. The zero-order chi connectivity index (χ0) is 12.3. The van der Waals surface area contributed by atoms with Crippen LogP contribution in [0.1, 0.15) is 17.9 Å². The third-order valence-electron chi connectivity index (χ3n) is 2.31. The number of rotatable bonds is 3. The number of hydrogen-bond donors (Lipinski definition) is 1. The summed E-state index contributed by atoms with van der Waals surface area (Å²) in [6.45, 7) is 1.95. The number of halogens is 2. The molecule has 0 spiro atoms. The van der Waals surface area contributed by atoms with Crippen molar-refractivity contribution >= 4 is 45.7 Å². The minimum absolute atomic E-state index is 0.0433. The number of aromatic nitrogens is 2. The number of hydrogen-bond acceptors (Lipinski definition) is 3. The van der Waals surface area contributed by atoms with Crippen LogP contribution in [0.25, 0.3) is 0 Å². The van der Waals surface area contributed by atoms with Gasteiger partial charge in [0.05, 0.1) is 8.95 Å². The molecule has 1 atom stereocenters. The zero-order valence-electron chi connectivity index (χ0n) is 9.19. The molecule has 1 N–H and O–H groups in total. The van der Waals surface area contributed by atoms with Gasteiger partial charge < -0.3 is 5.32 Å². The molecule has 0 aliphatic rings. The highest BCUT2D eigenvalue weighted by molar-refractivity contribution is 14.1. The Bertz CT molecular complexity index is 517. The van der Waals surface area contributed by atoms with E-state index < -0.39 is 0 Å². The van der Waals surface area contributed by atoms with Crippen LogP contribution in [0.2, 0.25) is 0 Å². The third-order valence-corrected chi connectivity index (χ3v) is 3.33. The van der Waals surface area contributed by atoms with Crippen LogP contribution in [0.3, 0.4) is 0 Å². The normalized spacial score (nSPS) is 12.2. The Morgan fingerprint density at radius 1 is 1.35 bits per heavy atom. The second-order valence-corrected chi connectivity index (χ2v) is 5.36. The highest BCUT2D eigenvalue weighted by Crippen LogP contribution is 2.29. The predicted octanol–water partition coefficient (Wildman–Crippen LogP) is 4.12. The Morgan fingerprint density at radius 2 is 2.12 bits per heavy atom. The molecule has 1 unspecified atom stereocenters. The molecule has 0 aliphatic heterocycles. The summed E-state index contributed by atoms with van der Waals surface area (Å²) in [7, 11) is 0. The molecule has 88 valence electrons. The molecule has 0 aliphatic carbocycles. The number of anilines is 2. The maximum absolute atomic E-state index is 6.14. The number of nitrogens with one attached hydrogen (secondary N) is 1. The van der Waals surface area contributed by atoms with E-state index in [2.05, 4.69) is 37.9 Å². The molecule has 17 heavy (non-hydrogen) atoms. The summed E-state index contributed by atoms with van der Waals surface area (Å²) >= 11 is 8.34. The summed E-state index contributed by atoms with van der Waals surface area (Å²) in [5, 5.41) is 3.24. The van der Waals surface area contributed by atoms with Gasteiger partial charge >= 0.3 is 0 Å². The lowest BCUT2D eigenvalue weighted by Crippen LogP contribution is -2.00. The first-order valence-electron chi connectivity index (χ1n) is 5.14. The van der Waals surface area contributed by atoms with E-state index in [9.17, 15) is 0 Å². The molecule has 2 rings (SSSR count). The van der Waals surface area contributed by atoms with E-state index >= 15 is 0 Å². The summed E-state index contributed by atoms with van der Waals surface area (Å²) in [5.74, 6) is 0.797. The molecule has 2 aromatic rings. The highest BCUT2D eigenvalue weighted by atomic mass is 127. The third kappa shape index (κ3) is 3.07. The summed E-state index contributed by atoms with van der Waals surface area (Å²) < 4.78 is 0.974. The number of nitrogens with zero attached hydrogens (tertiary/aromatic N) is 2. The zero-order valence-corrected chi connectivity index (χ0v) is 12.1. The van der Waals surface area contributed by atoms with Crippen LogP contribution in [0.15, 0.2) is 36.8 Å². The van der Waals surface area contributed by atoms with Crippen LogP contribution < -0.4 is 5.32 Å². The van der Waals surface area contributed by atoms with E-state index in [0.717, 1.165) is 20.6 Å². The largest absolute Gasteiger partial charge is 0.339 e. The van der Waals surface area contributed by atoms with Gasteiger partial charge in [0.15, 0.2) is 0 Å². The van der Waals surface area contributed by atoms with Gasteiger partial charge in [-0.2, -0.15) is 0 Å². The van der Waals surface area contributed by atoms with Crippen molar-refractivity contribution in [1.82, 2.24) is 9.97 Å². The van der Waals surface area contributed by atoms with Crippen molar-refractivity contribution in [2.45, 2.75) is 12.3 Å². The van der Waals surface area contributed by atoms with Gasteiger partial charge in [0.25, 0.3) is 0 Å². The van der Waals surface area contributed by atoms with Crippen LogP contribution in [0.4, 0.5) is 11.5 Å². The van der Waals surface area contributed by atoms with Crippen molar-refractivity contribution in [2.24, 2.45) is 0 Å². The molecule has 1 aromatic carbocycles. The van der Waals surface area contributed by atoms with Crippen LogP contribution in [0, 0.1) is 3.57 Å². The number of benzene rings is 1. The predicted molar refractivity (Wildman–Crippen MR) is 78.7 cm³/mol. The van der Waals surface area contributed by atoms with Gasteiger partial charge in [-0.15, -0.1) is 11.6 Å². The van der Waals surface area contributed by atoms with Gasteiger partial charge in [0.1, 0.15) is 12.1 Å². The molecular formula is C12H11ClIN3. The summed E-state index contributed by atoms with van der Waals surface area (Å²) in [6, 6.07) is 7.95. The Morgan fingerprint density at radius 3 is 2.82 bits per heavy atom. The fourth-order valence-electron chi connectivity index (χ4n) is 1.49. The summed E-state index contributed by atoms with van der Waals surface area (Å²) in [4.78, 5) is 8.16. The average molecular weight is 360 g/mol. The van der Waals surface area contributed by atoms with Crippen molar-refractivity contribution in [2.75, 3.05) is 5.32 Å². The van der Waals surface area contributed by atoms with Crippen molar-refractivity contribution in [3.05, 3.63) is 45.9 Å². The molecule has 0 bridgehead atoms. The van der Waals surface area contributed by atoms with Crippen LogP contribution >= 0.6 is 34.2 Å². The first-order valence-corrected chi connectivity index (χ1v) is 6.65. The summed E-state index contributed by atoms with van der Waals surface area (Å²) in [5.41, 5.74) is 2.04. The van der Waals surface area contributed by atoms with Crippen LogP contribution in [-0.2, 0) is 0 Å². The van der Waals surface area contributed by atoms with E-state index in [0.29, 0.717) is 0 Å². The molecule has 0 amide bonds. The van der Waals surface area contributed by atoms with E-state index in [1.165, 1.54) is 6.33 Å². The van der Waals surface area contributed by atoms with Crippen molar-refractivity contribution in [3.8, 4) is 0 Å². The van der Waals surface area contributed by atoms with Gasteiger partial charge in [-0.3, -0.25) is 0 Å². The van der Waals surface area contributed by atoms with E-state index in [4.69, 9.17) is 11.6 Å². The quantitative estimate of drug-likeness (QED) is 0.661. The van der Waals surface area contributed by atoms with Crippen molar-refractivity contribution in [1.29, 1.82) is 0 Å². The minimum atomic E-state index is -0.0433. The smallest absolute Gasteiger partial charge is 0.147 e. The number of para-hydroxylation sites is 1. The van der Waals surface area contributed by atoms with Gasteiger partial charge in [-0.05, 0) is 41.1 Å². The van der Waals surface area contributed by atoms with Crippen LogP contribution in [-0.4, -0.2) is 9.97 Å². The fourth-order valence-corrected chi connectivity index (χ4v) is 2.12. The van der Waals surface area contributed by atoms with Crippen LogP contribution in [0.5, 0.6) is 0 Å². The lowest BCUT2D eigenvalue weighted by Gasteiger charge is -2.13. The molecule has 0 radical (unpaired) electrons. The van der Waals surface area contributed by atoms with Crippen molar-refractivity contribution in [3.63, 3.8) is 0 Å². The second kappa shape index (κ2) is 5.64. The molecule has 1 heterocycles. The molecule has 3 nitrogen and oxygen atoms in total. The Balaban J connectivity index is 2.34. The van der Waals surface area contributed by atoms with E-state index in [1.54, 1.807) is 6.20 Å². The Hall–Kier alpha value is -0.880. The Labute approximate surface area is 119 Å². The monoisotopic (exact) mass is 359 g/mol. The molecule has 0 saturated heterocycles. The standard InChI is InChI=1S/C12H11ClIN3/c1-8(13)9-4-2-3-5-11(9)17-12-10(14)6-15-7-16-12/h2-8H,1H3,(H,15,16,17). The molecule has 1 aromatic heterocycles. The Kier molecular flexibility index (Phi) is 4.17. The van der Waals surface area contributed by atoms with Gasteiger partial charge in [-0.1, -0.05) is 18.2 Å². The maximum atomic E-state index is 6.14. The van der Waals surface area contributed by atoms with Gasteiger partial charge in [0.2, 0.25) is 0 Å². The van der Waals surface area contributed by atoms with E-state index in [1.807, 2.05) is 31.2 Å². The SMILES string of the molecule is CC(Cl)c1ccccc1Nc1ncncc1I. The van der Waals surface area contributed by atoms with Crippen molar-refractivity contribution < 1.29 is 0 Å². The average Bonchev–Trinajstić information content (AvgIpc) is 2.32. The fraction of sp³-hybridized carbons (Fsp3) is 0.167. The minimum Gasteiger partial charge on any atom is -0.339 e. The van der Waals surface area contributed by atoms with Gasteiger partial charge in [0, 0.05) is 11.9 Å². The van der Waals surface area contributed by atoms with E-state index in [-0.39, 0.29) is 5.38 Å². The lowest BCUT2D eigenvalue weighted by molar-refractivity contribution is 1.08. The molecule has 5 heteroatoms. The summed E-state index contributed by atoms with van der Waals surface area (Å²) in [6.07, 6.45) is 3.29. The molecular weight excluding hydrogens is 349 g/mol. The lowest BCUT2D eigenvalue weighted by atomic mass is 10.1. The van der Waals surface area contributed by atoms with Gasteiger partial charge in [-0.25, -0.2) is 9.97 Å². The molecule has 0 fully saturated rings. The first-order chi connectivity index (χ1) is 8.18. The molecule has 0 saturated carbocycles. The topological polar surface area (TPSA) is 37.8 Å². The first kappa shape index (κ1) is 12.6.